The van der Waals surface area contributed by atoms with E-state index in [1.165, 1.54) is 0 Å². The van der Waals surface area contributed by atoms with E-state index in [-0.39, 0.29) is 23.0 Å². The molecule has 1 aromatic carbocycles. The number of fused-ring (bicyclic) bond motifs is 1. The highest BCUT2D eigenvalue weighted by Gasteiger charge is 2.36. The van der Waals surface area contributed by atoms with Gasteiger partial charge >= 0.3 is 0 Å². The summed E-state index contributed by atoms with van der Waals surface area (Å²) in [5.74, 6) is -0.489. The fourth-order valence-electron chi connectivity index (χ4n) is 4.69. The van der Waals surface area contributed by atoms with Gasteiger partial charge in [-0.2, -0.15) is 0 Å². The normalized spacial score (nSPS) is 16.1. The zero-order chi connectivity index (χ0) is 24.4. The largest absolute Gasteiger partial charge is 0.354 e. The van der Waals surface area contributed by atoms with Crippen LogP contribution in [0.5, 0.6) is 0 Å². The van der Waals surface area contributed by atoms with E-state index in [4.69, 9.17) is 0 Å². The Morgan fingerprint density at radius 2 is 1.82 bits per heavy atom. The molecule has 0 radical (unpaired) electrons. The molecule has 2 amide bonds. The highest BCUT2D eigenvalue weighted by Crippen LogP contribution is 2.36. The number of hydrogen-bond acceptors (Lipinski definition) is 3. The van der Waals surface area contributed by atoms with E-state index >= 15 is 0 Å². The van der Waals surface area contributed by atoms with E-state index in [0.717, 1.165) is 24.1 Å². The highest BCUT2D eigenvalue weighted by atomic mass is 16.2. The summed E-state index contributed by atoms with van der Waals surface area (Å²) < 4.78 is 0. The number of rotatable bonds is 8. The van der Waals surface area contributed by atoms with Crippen molar-refractivity contribution >= 4 is 17.6 Å². The van der Waals surface area contributed by atoms with Crippen LogP contribution in [-0.2, 0) is 16.8 Å². The number of carbonyl (C=O) groups is 3. The first-order valence-electron chi connectivity index (χ1n) is 11.9. The maximum Gasteiger partial charge on any atom is 0.268 e. The third kappa shape index (κ3) is 5.55. The topological polar surface area (TPSA) is 91.1 Å². The molecule has 1 heterocycles. The number of benzene rings is 1. The van der Waals surface area contributed by atoms with E-state index in [1.54, 1.807) is 6.92 Å². The molecule has 1 atom stereocenters. The monoisotopic (exact) mass is 451 g/mol. The van der Waals surface area contributed by atoms with E-state index < -0.39 is 11.6 Å². The lowest BCUT2D eigenvalue weighted by Gasteiger charge is -2.29. The smallest absolute Gasteiger partial charge is 0.268 e. The first-order chi connectivity index (χ1) is 15.4. The summed E-state index contributed by atoms with van der Waals surface area (Å²) in [5, 5.41) is 6.04. The zero-order valence-electron chi connectivity index (χ0n) is 20.7. The second-order valence-corrected chi connectivity index (χ2v) is 10.6. The number of Topliss-reactive ketones (excluding diaryl/α,β-unsaturated/α-hetero) is 1. The minimum Gasteiger partial charge on any atom is -0.354 e. The number of hydrogen-bond donors (Lipinski definition) is 3. The lowest BCUT2D eigenvalue weighted by Crippen LogP contribution is -2.52. The van der Waals surface area contributed by atoms with Gasteiger partial charge in [0.1, 0.15) is 11.7 Å². The predicted molar refractivity (Wildman–Crippen MR) is 130 cm³/mol. The molecule has 6 nitrogen and oxygen atoms in total. The van der Waals surface area contributed by atoms with E-state index in [9.17, 15) is 14.4 Å². The van der Waals surface area contributed by atoms with Crippen molar-refractivity contribution in [3.63, 3.8) is 0 Å². The molecule has 1 aliphatic rings. The minimum atomic E-state index is -0.660. The second kappa shape index (κ2) is 9.54. The van der Waals surface area contributed by atoms with Crippen LogP contribution < -0.4 is 10.6 Å². The molecule has 178 valence electrons. The van der Waals surface area contributed by atoms with Crippen LogP contribution in [-0.4, -0.2) is 28.6 Å². The maximum absolute atomic E-state index is 13.2. The van der Waals surface area contributed by atoms with Crippen LogP contribution in [0.2, 0.25) is 0 Å². The van der Waals surface area contributed by atoms with Crippen molar-refractivity contribution in [3.8, 4) is 0 Å². The molecule has 0 saturated heterocycles. The molecular formula is C27H37N3O3. The highest BCUT2D eigenvalue weighted by molar-refractivity contribution is 6.05. The summed E-state index contributed by atoms with van der Waals surface area (Å²) in [5.41, 5.74) is 2.78. The molecule has 0 fully saturated rings. The third-order valence-electron chi connectivity index (χ3n) is 6.53. The van der Waals surface area contributed by atoms with E-state index in [2.05, 4.69) is 36.4 Å². The van der Waals surface area contributed by atoms with Gasteiger partial charge < -0.3 is 15.6 Å². The number of unbranched alkanes of at least 4 members (excludes halogenated alkanes) is 1. The molecule has 3 N–H and O–H groups in total. The number of aromatic amines is 1. The molecule has 0 aliphatic heterocycles. The summed E-state index contributed by atoms with van der Waals surface area (Å²) in [4.78, 5) is 42.4. The van der Waals surface area contributed by atoms with Gasteiger partial charge in [0.15, 0.2) is 5.78 Å². The molecule has 0 spiro atoms. The molecule has 1 unspecified atom stereocenters. The first-order valence-corrected chi connectivity index (χ1v) is 11.9. The first kappa shape index (κ1) is 24.7. The van der Waals surface area contributed by atoms with Crippen molar-refractivity contribution in [2.75, 3.05) is 0 Å². The van der Waals surface area contributed by atoms with Crippen LogP contribution in [0.1, 0.15) is 98.0 Å². The average molecular weight is 452 g/mol. The van der Waals surface area contributed by atoms with Gasteiger partial charge in [-0.15, -0.1) is 0 Å². The number of nitrogens with one attached hydrogen (secondary N) is 3. The third-order valence-corrected chi connectivity index (χ3v) is 6.53. The lowest BCUT2D eigenvalue weighted by atomic mass is 9.75. The van der Waals surface area contributed by atoms with Crippen LogP contribution in [0.25, 0.3) is 0 Å². The maximum atomic E-state index is 13.2. The SMILES string of the molecule is CCCCC(NC(=O)c1[nH]c2c(c1C)C(=O)CC(C)(C)C2)C(=O)NC(C)(C)c1ccccc1. The Kier molecular flexibility index (Phi) is 7.15. The average Bonchev–Trinajstić information content (AvgIpc) is 3.06. The molecule has 0 bridgehead atoms. The van der Waals surface area contributed by atoms with Gasteiger partial charge in [0.2, 0.25) is 5.91 Å². The number of H-pyrrole nitrogens is 1. The zero-order valence-corrected chi connectivity index (χ0v) is 20.7. The summed E-state index contributed by atoms with van der Waals surface area (Å²) in [6.07, 6.45) is 3.46. The fraction of sp³-hybridized carbons (Fsp3) is 0.519. The van der Waals surface area contributed by atoms with Gasteiger partial charge in [-0.25, -0.2) is 0 Å². The van der Waals surface area contributed by atoms with E-state index in [1.807, 2.05) is 44.2 Å². The summed E-state index contributed by atoms with van der Waals surface area (Å²) in [6.45, 7) is 11.9. The summed E-state index contributed by atoms with van der Waals surface area (Å²) in [6, 6.07) is 9.12. The van der Waals surface area contributed by atoms with Crippen molar-refractivity contribution in [2.24, 2.45) is 5.41 Å². The molecule has 33 heavy (non-hydrogen) atoms. The van der Waals surface area contributed by atoms with Gasteiger partial charge in [0, 0.05) is 17.7 Å². The summed E-state index contributed by atoms with van der Waals surface area (Å²) >= 11 is 0. The molecule has 2 aromatic rings. The Morgan fingerprint density at radius 1 is 1.15 bits per heavy atom. The van der Waals surface area contributed by atoms with Gasteiger partial charge in [-0.05, 0) is 50.2 Å². The Morgan fingerprint density at radius 3 is 2.45 bits per heavy atom. The van der Waals surface area contributed by atoms with Crippen LogP contribution in [0.4, 0.5) is 0 Å². The van der Waals surface area contributed by atoms with Crippen LogP contribution >= 0.6 is 0 Å². The second-order valence-electron chi connectivity index (χ2n) is 10.6. The molecule has 1 aliphatic carbocycles. The standard InChI is InChI=1S/C27H37N3O3/c1-7-8-14-19(24(32)30-27(5,6)18-12-10-9-11-13-18)29-25(33)23-17(2)22-20(28-23)15-26(3,4)16-21(22)31/h9-13,19,28H,7-8,14-16H2,1-6H3,(H,29,33)(H,30,32). The number of amides is 2. The van der Waals surface area contributed by atoms with Gasteiger partial charge in [-0.3, -0.25) is 14.4 Å². The molecule has 3 rings (SSSR count). The van der Waals surface area contributed by atoms with Crippen molar-refractivity contribution in [1.82, 2.24) is 15.6 Å². The fourth-order valence-corrected chi connectivity index (χ4v) is 4.69. The Labute approximate surface area is 196 Å². The molecule has 6 heteroatoms. The van der Waals surface area contributed by atoms with Crippen molar-refractivity contribution in [1.29, 1.82) is 0 Å². The Balaban J connectivity index is 1.80. The van der Waals surface area contributed by atoms with Crippen molar-refractivity contribution in [2.45, 2.75) is 85.2 Å². The van der Waals surface area contributed by atoms with Crippen LogP contribution in [0.3, 0.4) is 0 Å². The molecular weight excluding hydrogens is 414 g/mol. The predicted octanol–water partition coefficient (Wildman–Crippen LogP) is 4.82. The molecule has 0 saturated carbocycles. The van der Waals surface area contributed by atoms with Crippen LogP contribution in [0, 0.1) is 12.3 Å². The minimum absolute atomic E-state index is 0.0685. The van der Waals surface area contributed by atoms with Gasteiger partial charge in [0.25, 0.3) is 5.91 Å². The van der Waals surface area contributed by atoms with E-state index in [0.29, 0.717) is 36.1 Å². The Hall–Kier alpha value is -2.89. The lowest BCUT2D eigenvalue weighted by molar-refractivity contribution is -0.124. The van der Waals surface area contributed by atoms with Gasteiger partial charge in [0.05, 0.1) is 5.54 Å². The number of carbonyl (C=O) groups excluding carboxylic acids is 3. The van der Waals surface area contributed by atoms with Gasteiger partial charge in [-0.1, -0.05) is 63.9 Å². The number of ketones is 1. The Bertz CT molecular complexity index is 1030. The van der Waals surface area contributed by atoms with Crippen LogP contribution in [0.15, 0.2) is 30.3 Å². The quantitative estimate of drug-likeness (QED) is 0.537. The number of aromatic nitrogens is 1. The van der Waals surface area contributed by atoms with Crippen molar-refractivity contribution < 1.29 is 14.4 Å². The summed E-state index contributed by atoms with van der Waals surface area (Å²) in [7, 11) is 0. The molecule has 1 aromatic heterocycles. The van der Waals surface area contributed by atoms with Crippen molar-refractivity contribution in [3.05, 3.63) is 58.4 Å².